The summed E-state index contributed by atoms with van der Waals surface area (Å²) in [4.78, 5) is 14.3. The Morgan fingerprint density at radius 1 is 1.13 bits per heavy atom. The van der Waals surface area contributed by atoms with E-state index in [0.717, 1.165) is 22.6 Å². The van der Waals surface area contributed by atoms with Crippen LogP contribution in [0.3, 0.4) is 0 Å². The number of anilines is 1. The van der Waals surface area contributed by atoms with E-state index in [4.69, 9.17) is 10.00 Å². The summed E-state index contributed by atoms with van der Waals surface area (Å²) in [6.07, 6.45) is 0.603. The number of nitriles is 1. The maximum atomic E-state index is 12.6. The zero-order valence-electron chi connectivity index (χ0n) is 13.5. The maximum Gasteiger partial charge on any atom is 0.231 e. The minimum absolute atomic E-state index is 0.0192. The molecule has 0 aromatic heterocycles. The van der Waals surface area contributed by atoms with Crippen molar-refractivity contribution >= 4 is 11.6 Å². The van der Waals surface area contributed by atoms with Crippen LogP contribution >= 0.6 is 0 Å². The lowest BCUT2D eigenvalue weighted by molar-refractivity contribution is -0.118. The first-order valence-corrected chi connectivity index (χ1v) is 7.51. The van der Waals surface area contributed by atoms with Gasteiger partial charge in [0, 0.05) is 12.2 Å². The van der Waals surface area contributed by atoms with Crippen LogP contribution in [-0.2, 0) is 11.2 Å². The first kappa shape index (κ1) is 16.6. The molecule has 0 aliphatic rings. The fourth-order valence-corrected chi connectivity index (χ4v) is 2.30. The van der Waals surface area contributed by atoms with E-state index in [2.05, 4.69) is 6.07 Å². The maximum absolute atomic E-state index is 12.6. The Kier molecular flexibility index (Phi) is 5.76. The molecule has 4 nitrogen and oxygen atoms in total. The van der Waals surface area contributed by atoms with Crippen molar-refractivity contribution in [1.82, 2.24) is 0 Å². The molecule has 0 saturated heterocycles. The van der Waals surface area contributed by atoms with Gasteiger partial charge in [-0.3, -0.25) is 4.79 Å². The topological polar surface area (TPSA) is 53.3 Å². The third kappa shape index (κ3) is 4.58. The second-order valence-electron chi connectivity index (χ2n) is 5.31. The minimum atomic E-state index is -0.0192. The van der Waals surface area contributed by atoms with Gasteiger partial charge in [-0.05, 0) is 36.8 Å². The molecule has 0 aliphatic carbocycles. The van der Waals surface area contributed by atoms with Crippen molar-refractivity contribution in [3.05, 3.63) is 59.7 Å². The summed E-state index contributed by atoms with van der Waals surface area (Å²) in [5.41, 5.74) is 2.88. The van der Waals surface area contributed by atoms with Crippen LogP contribution in [0.5, 0.6) is 5.75 Å². The van der Waals surface area contributed by atoms with E-state index < -0.39 is 0 Å². The van der Waals surface area contributed by atoms with Crippen molar-refractivity contribution in [2.24, 2.45) is 0 Å². The molecule has 0 N–H and O–H groups in total. The molecule has 4 heteroatoms. The molecule has 23 heavy (non-hydrogen) atoms. The van der Waals surface area contributed by atoms with E-state index in [1.165, 1.54) is 0 Å². The number of carbonyl (C=O) groups is 1. The molecule has 0 saturated carbocycles. The predicted molar refractivity (Wildman–Crippen MR) is 90.5 cm³/mol. The Labute approximate surface area is 136 Å². The number of amides is 1. The van der Waals surface area contributed by atoms with Crippen LogP contribution < -0.4 is 9.64 Å². The van der Waals surface area contributed by atoms with Crippen molar-refractivity contribution in [3.8, 4) is 11.8 Å². The van der Waals surface area contributed by atoms with Crippen LogP contribution in [0, 0.1) is 18.3 Å². The summed E-state index contributed by atoms with van der Waals surface area (Å²) < 4.78 is 5.12. The number of methoxy groups -OCH3 is 1. The second-order valence-corrected chi connectivity index (χ2v) is 5.31. The largest absolute Gasteiger partial charge is 0.497 e. The SMILES string of the molecule is COc1ccc(CC(=O)N(CCC#N)c2ccc(C)cc2)cc1. The van der Waals surface area contributed by atoms with E-state index in [1.54, 1.807) is 12.0 Å². The Balaban J connectivity index is 2.15. The van der Waals surface area contributed by atoms with Gasteiger partial charge in [-0.25, -0.2) is 0 Å². The lowest BCUT2D eigenvalue weighted by atomic mass is 10.1. The summed E-state index contributed by atoms with van der Waals surface area (Å²) in [7, 11) is 1.61. The molecule has 118 valence electrons. The molecular formula is C19H20N2O2. The van der Waals surface area contributed by atoms with Crippen molar-refractivity contribution in [2.45, 2.75) is 19.8 Å². The first-order chi connectivity index (χ1) is 11.1. The van der Waals surface area contributed by atoms with Gasteiger partial charge in [-0.1, -0.05) is 29.8 Å². The third-order valence-corrected chi connectivity index (χ3v) is 3.61. The quantitative estimate of drug-likeness (QED) is 0.821. The fourth-order valence-electron chi connectivity index (χ4n) is 2.30. The first-order valence-electron chi connectivity index (χ1n) is 7.51. The Morgan fingerprint density at radius 3 is 2.35 bits per heavy atom. The van der Waals surface area contributed by atoms with Gasteiger partial charge >= 0.3 is 0 Å². The molecule has 1 amide bonds. The molecule has 2 aromatic rings. The Bertz CT molecular complexity index is 685. The van der Waals surface area contributed by atoms with Crippen LogP contribution in [0.1, 0.15) is 17.5 Å². The third-order valence-electron chi connectivity index (χ3n) is 3.61. The van der Waals surface area contributed by atoms with Crippen molar-refractivity contribution in [1.29, 1.82) is 5.26 Å². The fraction of sp³-hybridized carbons (Fsp3) is 0.263. The number of nitrogens with zero attached hydrogens (tertiary/aromatic N) is 2. The van der Waals surface area contributed by atoms with Crippen LogP contribution in [0.2, 0.25) is 0 Å². The molecule has 0 heterocycles. The number of hydrogen-bond acceptors (Lipinski definition) is 3. The van der Waals surface area contributed by atoms with Crippen LogP contribution in [0.4, 0.5) is 5.69 Å². The molecule has 2 rings (SSSR count). The molecule has 0 unspecified atom stereocenters. The van der Waals surface area contributed by atoms with Gasteiger partial charge in [-0.2, -0.15) is 5.26 Å². The number of benzene rings is 2. The highest BCUT2D eigenvalue weighted by Crippen LogP contribution is 2.18. The smallest absolute Gasteiger partial charge is 0.231 e. The highest BCUT2D eigenvalue weighted by Gasteiger charge is 2.16. The van der Waals surface area contributed by atoms with E-state index in [1.807, 2.05) is 55.5 Å². The normalized spacial score (nSPS) is 9.96. The van der Waals surface area contributed by atoms with Gasteiger partial charge < -0.3 is 9.64 Å². The molecule has 0 atom stereocenters. The number of ether oxygens (including phenoxy) is 1. The van der Waals surface area contributed by atoms with Gasteiger partial charge in [-0.15, -0.1) is 0 Å². The highest BCUT2D eigenvalue weighted by atomic mass is 16.5. The lowest BCUT2D eigenvalue weighted by Crippen LogP contribution is -2.33. The predicted octanol–water partition coefficient (Wildman–Crippen LogP) is 3.49. The van der Waals surface area contributed by atoms with E-state index in [9.17, 15) is 4.79 Å². The molecule has 0 fully saturated rings. The second kappa shape index (κ2) is 8.00. The van der Waals surface area contributed by atoms with E-state index in [0.29, 0.717) is 19.4 Å². The molecule has 0 spiro atoms. The monoisotopic (exact) mass is 308 g/mol. The summed E-state index contributed by atoms with van der Waals surface area (Å²) >= 11 is 0. The molecule has 0 bridgehead atoms. The lowest BCUT2D eigenvalue weighted by Gasteiger charge is -2.22. The van der Waals surface area contributed by atoms with Gasteiger partial charge in [0.1, 0.15) is 5.75 Å². The van der Waals surface area contributed by atoms with E-state index in [-0.39, 0.29) is 5.91 Å². The minimum Gasteiger partial charge on any atom is -0.497 e. The summed E-state index contributed by atoms with van der Waals surface area (Å²) in [6.45, 7) is 2.40. The molecule has 0 radical (unpaired) electrons. The zero-order valence-corrected chi connectivity index (χ0v) is 13.5. The Morgan fingerprint density at radius 2 is 1.78 bits per heavy atom. The molecule has 0 aliphatic heterocycles. The highest BCUT2D eigenvalue weighted by molar-refractivity contribution is 5.94. The van der Waals surface area contributed by atoms with Crippen LogP contribution in [0.15, 0.2) is 48.5 Å². The molecule has 2 aromatic carbocycles. The Hall–Kier alpha value is -2.80. The van der Waals surface area contributed by atoms with Crippen molar-refractivity contribution in [3.63, 3.8) is 0 Å². The zero-order chi connectivity index (χ0) is 16.7. The number of aryl methyl sites for hydroxylation is 1. The average Bonchev–Trinajstić information content (AvgIpc) is 2.57. The number of hydrogen-bond donors (Lipinski definition) is 0. The standard InChI is InChI=1S/C19H20N2O2/c1-15-4-8-17(9-5-15)21(13-3-12-20)19(22)14-16-6-10-18(23-2)11-7-16/h4-11H,3,13-14H2,1-2H3. The summed E-state index contributed by atoms with van der Waals surface area (Å²) in [6, 6.07) is 17.3. The van der Waals surface area contributed by atoms with Crippen molar-refractivity contribution < 1.29 is 9.53 Å². The summed E-state index contributed by atoms with van der Waals surface area (Å²) in [5.74, 6) is 0.746. The van der Waals surface area contributed by atoms with E-state index >= 15 is 0 Å². The van der Waals surface area contributed by atoms with Crippen molar-refractivity contribution in [2.75, 3.05) is 18.6 Å². The molecular weight excluding hydrogens is 288 g/mol. The van der Waals surface area contributed by atoms with Gasteiger partial charge in [0.15, 0.2) is 0 Å². The van der Waals surface area contributed by atoms with Gasteiger partial charge in [0.25, 0.3) is 0 Å². The number of carbonyl (C=O) groups excluding carboxylic acids is 1. The van der Waals surface area contributed by atoms with Crippen LogP contribution in [0.25, 0.3) is 0 Å². The van der Waals surface area contributed by atoms with Gasteiger partial charge in [0.2, 0.25) is 5.91 Å². The van der Waals surface area contributed by atoms with Crippen LogP contribution in [-0.4, -0.2) is 19.6 Å². The average molecular weight is 308 g/mol. The number of rotatable bonds is 6. The van der Waals surface area contributed by atoms with Gasteiger partial charge in [0.05, 0.1) is 26.0 Å². The summed E-state index contributed by atoms with van der Waals surface area (Å²) in [5, 5.41) is 8.83.